The maximum absolute atomic E-state index is 11.0. The van der Waals surface area contributed by atoms with Crippen LogP contribution in [0.2, 0.25) is 0 Å². The first-order valence-electron chi connectivity index (χ1n) is 3.64. The Morgan fingerprint density at radius 2 is 2.30 bits per heavy atom. The Morgan fingerprint density at radius 1 is 1.70 bits per heavy atom. The first-order chi connectivity index (χ1) is 4.70. The topological polar surface area (TPSA) is 38.3 Å². The zero-order chi connectivity index (χ0) is 7.56. The molecule has 58 valence electrons. The highest BCUT2D eigenvalue weighted by Gasteiger charge is 2.26. The molecule has 3 heteroatoms. The highest BCUT2D eigenvalue weighted by atomic mass is 16.5. The third-order valence-corrected chi connectivity index (χ3v) is 1.46. The summed E-state index contributed by atoms with van der Waals surface area (Å²) in [5, 5.41) is 2.98. The van der Waals surface area contributed by atoms with Crippen molar-refractivity contribution in [2.24, 2.45) is 0 Å². The molecule has 10 heavy (non-hydrogen) atoms. The van der Waals surface area contributed by atoms with Gasteiger partial charge in [0, 0.05) is 0 Å². The maximum Gasteiger partial charge on any atom is 0.323 e. The number of ether oxygens (including phenoxy) is 1. The quantitative estimate of drug-likeness (QED) is 0.565. The molecule has 1 saturated heterocycles. The summed E-state index contributed by atoms with van der Waals surface area (Å²) in [6, 6.07) is -0.0256. The van der Waals surface area contributed by atoms with E-state index in [0.29, 0.717) is 0 Å². The Bertz CT molecular complexity index is 130. The Kier molecular flexibility index (Phi) is 2.27. The number of hydrogen-bond acceptors (Lipinski definition) is 3. The average molecular weight is 143 g/mol. The van der Waals surface area contributed by atoms with E-state index in [2.05, 4.69) is 5.32 Å². The van der Waals surface area contributed by atoms with E-state index in [0.717, 1.165) is 13.0 Å². The normalized spacial score (nSPS) is 24.1. The van der Waals surface area contributed by atoms with Crippen LogP contribution in [0.3, 0.4) is 0 Å². The Hall–Kier alpha value is -0.570. The molecule has 0 amide bonds. The van der Waals surface area contributed by atoms with Crippen molar-refractivity contribution in [3.63, 3.8) is 0 Å². The van der Waals surface area contributed by atoms with Crippen molar-refractivity contribution >= 4 is 5.97 Å². The predicted octanol–water partition coefficient (Wildman–Crippen LogP) is 0.300. The zero-order valence-corrected chi connectivity index (χ0v) is 6.39. The van der Waals surface area contributed by atoms with E-state index in [1.54, 1.807) is 0 Å². The molecule has 1 rings (SSSR count). The molecule has 1 atom stereocenters. The molecule has 1 heterocycles. The van der Waals surface area contributed by atoms with Crippen LogP contribution in [-0.2, 0) is 9.53 Å². The molecule has 1 N–H and O–H groups in total. The van der Waals surface area contributed by atoms with Crippen LogP contribution in [-0.4, -0.2) is 24.7 Å². The van der Waals surface area contributed by atoms with Gasteiger partial charge in [0.05, 0.1) is 6.10 Å². The Labute approximate surface area is 60.7 Å². The lowest BCUT2D eigenvalue weighted by atomic mass is 10.1. The molecule has 0 aromatic carbocycles. The van der Waals surface area contributed by atoms with Gasteiger partial charge in [-0.15, -0.1) is 0 Å². The van der Waals surface area contributed by atoms with E-state index >= 15 is 0 Å². The van der Waals surface area contributed by atoms with Gasteiger partial charge in [-0.05, 0) is 26.8 Å². The molecular formula is C7H13NO2. The molecule has 0 aromatic heterocycles. The van der Waals surface area contributed by atoms with Crippen LogP contribution < -0.4 is 5.32 Å². The minimum Gasteiger partial charge on any atom is -0.462 e. The molecule has 1 fully saturated rings. The van der Waals surface area contributed by atoms with Crippen LogP contribution >= 0.6 is 0 Å². The third-order valence-electron chi connectivity index (χ3n) is 1.46. The van der Waals surface area contributed by atoms with Crippen molar-refractivity contribution in [1.29, 1.82) is 0 Å². The Morgan fingerprint density at radius 3 is 2.60 bits per heavy atom. The molecule has 0 unspecified atom stereocenters. The first kappa shape index (κ1) is 7.54. The van der Waals surface area contributed by atoms with E-state index < -0.39 is 0 Å². The van der Waals surface area contributed by atoms with Crippen LogP contribution in [0.4, 0.5) is 0 Å². The molecule has 1 aliphatic heterocycles. The fourth-order valence-corrected chi connectivity index (χ4v) is 0.804. The highest BCUT2D eigenvalue weighted by molar-refractivity contribution is 5.76. The van der Waals surface area contributed by atoms with Gasteiger partial charge in [0.2, 0.25) is 0 Å². The number of nitrogens with one attached hydrogen (secondary N) is 1. The van der Waals surface area contributed by atoms with Crippen molar-refractivity contribution in [2.45, 2.75) is 32.4 Å². The minimum atomic E-state index is -0.110. The summed E-state index contributed by atoms with van der Waals surface area (Å²) in [6.45, 7) is 4.66. The Balaban J connectivity index is 2.20. The van der Waals surface area contributed by atoms with Gasteiger partial charge in [-0.1, -0.05) is 0 Å². The molecule has 1 aliphatic rings. The summed E-state index contributed by atoms with van der Waals surface area (Å²) >= 11 is 0. The van der Waals surface area contributed by atoms with Gasteiger partial charge >= 0.3 is 5.97 Å². The molecule has 0 radical (unpaired) electrons. The van der Waals surface area contributed by atoms with Crippen molar-refractivity contribution in [3.8, 4) is 0 Å². The molecule has 0 bridgehead atoms. The number of carbonyl (C=O) groups is 1. The van der Waals surface area contributed by atoms with Crippen molar-refractivity contribution in [3.05, 3.63) is 0 Å². The summed E-state index contributed by atoms with van der Waals surface area (Å²) < 4.78 is 4.95. The van der Waals surface area contributed by atoms with Gasteiger partial charge in [-0.2, -0.15) is 0 Å². The maximum atomic E-state index is 11.0. The van der Waals surface area contributed by atoms with E-state index in [-0.39, 0.29) is 18.1 Å². The van der Waals surface area contributed by atoms with E-state index in [9.17, 15) is 4.79 Å². The summed E-state index contributed by atoms with van der Waals surface area (Å²) in [5.41, 5.74) is 0. The van der Waals surface area contributed by atoms with Crippen molar-refractivity contribution < 1.29 is 9.53 Å². The summed E-state index contributed by atoms with van der Waals surface area (Å²) in [6.07, 6.45) is 0.931. The third kappa shape index (κ3) is 1.70. The minimum absolute atomic E-state index is 0.00917. The van der Waals surface area contributed by atoms with Gasteiger partial charge < -0.3 is 10.1 Å². The second kappa shape index (κ2) is 3.01. The van der Waals surface area contributed by atoms with E-state index in [1.807, 2.05) is 13.8 Å². The molecule has 0 saturated carbocycles. The molecule has 0 spiro atoms. The fraction of sp³-hybridized carbons (Fsp3) is 0.857. The van der Waals surface area contributed by atoms with Gasteiger partial charge in [-0.25, -0.2) is 0 Å². The highest BCUT2D eigenvalue weighted by Crippen LogP contribution is 2.05. The molecular weight excluding hydrogens is 130 g/mol. The largest absolute Gasteiger partial charge is 0.462 e. The fourth-order valence-electron chi connectivity index (χ4n) is 0.804. The standard InChI is InChI=1S/C7H13NO2/c1-5(2)10-7(9)6-3-4-8-6/h5-6,8H,3-4H2,1-2H3/t6-/m1/s1. The van der Waals surface area contributed by atoms with Gasteiger partial charge in [0.15, 0.2) is 0 Å². The number of carbonyl (C=O) groups excluding carboxylic acids is 1. The van der Waals surface area contributed by atoms with Gasteiger partial charge in [0.25, 0.3) is 0 Å². The van der Waals surface area contributed by atoms with Crippen LogP contribution in [0.25, 0.3) is 0 Å². The van der Waals surface area contributed by atoms with Crippen molar-refractivity contribution in [2.75, 3.05) is 6.54 Å². The van der Waals surface area contributed by atoms with Gasteiger partial charge in [-0.3, -0.25) is 4.79 Å². The molecule has 0 aliphatic carbocycles. The first-order valence-corrected chi connectivity index (χ1v) is 3.64. The second-order valence-electron chi connectivity index (χ2n) is 2.78. The van der Waals surface area contributed by atoms with Crippen LogP contribution in [0.1, 0.15) is 20.3 Å². The second-order valence-corrected chi connectivity index (χ2v) is 2.78. The molecule has 3 nitrogen and oxygen atoms in total. The summed E-state index contributed by atoms with van der Waals surface area (Å²) in [7, 11) is 0. The number of hydrogen-bond donors (Lipinski definition) is 1. The lowest BCUT2D eigenvalue weighted by Crippen LogP contribution is -2.49. The van der Waals surface area contributed by atoms with Crippen LogP contribution in [0.15, 0.2) is 0 Å². The lowest BCUT2D eigenvalue weighted by Gasteiger charge is -2.26. The SMILES string of the molecule is CC(C)OC(=O)[C@H]1CCN1. The summed E-state index contributed by atoms with van der Waals surface area (Å²) in [4.78, 5) is 11.0. The molecule has 0 aromatic rings. The van der Waals surface area contributed by atoms with E-state index in [4.69, 9.17) is 4.74 Å². The number of rotatable bonds is 2. The number of esters is 1. The van der Waals surface area contributed by atoms with E-state index in [1.165, 1.54) is 0 Å². The van der Waals surface area contributed by atoms with Crippen LogP contribution in [0.5, 0.6) is 0 Å². The monoisotopic (exact) mass is 143 g/mol. The van der Waals surface area contributed by atoms with Gasteiger partial charge in [0.1, 0.15) is 6.04 Å². The van der Waals surface area contributed by atoms with Crippen molar-refractivity contribution in [1.82, 2.24) is 5.32 Å². The average Bonchev–Trinajstić information content (AvgIpc) is 1.55. The zero-order valence-electron chi connectivity index (χ0n) is 6.39. The van der Waals surface area contributed by atoms with Crippen LogP contribution in [0, 0.1) is 0 Å². The summed E-state index contributed by atoms with van der Waals surface area (Å²) in [5.74, 6) is -0.110. The lowest BCUT2D eigenvalue weighted by molar-refractivity contribution is -0.151. The smallest absolute Gasteiger partial charge is 0.323 e. The predicted molar refractivity (Wildman–Crippen MR) is 37.6 cm³/mol.